The molecule has 1 saturated heterocycles. The van der Waals surface area contributed by atoms with Crippen LogP contribution in [0.3, 0.4) is 0 Å². The molecule has 0 bridgehead atoms. The first kappa shape index (κ1) is 22.9. The number of nitrogens with zero attached hydrogens (tertiary/aromatic N) is 6. The van der Waals surface area contributed by atoms with Crippen LogP contribution in [-0.2, 0) is 0 Å². The zero-order chi connectivity index (χ0) is 24.6. The quantitative estimate of drug-likeness (QED) is 0.459. The Balaban J connectivity index is 1.41. The fourth-order valence-corrected chi connectivity index (χ4v) is 5.86. The minimum absolute atomic E-state index is 0.0674. The highest BCUT2D eigenvalue weighted by Crippen LogP contribution is 2.34. The van der Waals surface area contributed by atoms with Gasteiger partial charge in [-0.1, -0.05) is 31.0 Å². The number of fused-ring (bicyclic) bond motifs is 1. The van der Waals surface area contributed by atoms with Crippen molar-refractivity contribution in [1.29, 1.82) is 0 Å². The van der Waals surface area contributed by atoms with Gasteiger partial charge in [-0.15, -0.1) is 5.10 Å². The minimum atomic E-state index is -0.298. The first-order chi connectivity index (χ1) is 17.6. The second-order valence-electron chi connectivity index (χ2n) is 10.3. The highest BCUT2D eigenvalue weighted by molar-refractivity contribution is 5.81. The van der Waals surface area contributed by atoms with Gasteiger partial charge in [-0.3, -0.25) is 9.69 Å². The molecule has 36 heavy (non-hydrogen) atoms. The van der Waals surface area contributed by atoms with Crippen LogP contribution in [0.15, 0.2) is 53.3 Å². The summed E-state index contributed by atoms with van der Waals surface area (Å²) in [6.07, 6.45) is 4.55. The van der Waals surface area contributed by atoms with Crippen molar-refractivity contribution in [1.82, 2.24) is 30.1 Å². The molecule has 1 aliphatic carbocycles. The maximum absolute atomic E-state index is 13.6. The molecule has 2 aliphatic rings. The number of nitrogens with one attached hydrogen (secondary N) is 1. The Morgan fingerprint density at radius 1 is 0.944 bits per heavy atom. The molecule has 8 nitrogen and oxygen atoms in total. The zero-order valence-corrected chi connectivity index (χ0v) is 21.0. The van der Waals surface area contributed by atoms with Gasteiger partial charge in [0.2, 0.25) is 0 Å². The maximum atomic E-state index is 13.6. The molecule has 0 spiro atoms. The number of aromatic nitrogens is 5. The Morgan fingerprint density at radius 3 is 2.42 bits per heavy atom. The Morgan fingerprint density at radius 2 is 1.67 bits per heavy atom. The first-order valence-corrected chi connectivity index (χ1v) is 13.0. The standard InChI is InChI=1S/C28H33N7O/c1-19-16-21-18-24(28(36)29-25(21)17-20(19)2)26(27-30-31-32-35(27)23-10-6-7-11-23)34-14-12-33(13-15-34)22-8-4-3-5-9-22/h3-5,8-9,16-18,23,26H,6-7,10-15H2,1-2H3,(H,29,36). The van der Waals surface area contributed by atoms with Gasteiger partial charge in [-0.05, 0) is 84.0 Å². The van der Waals surface area contributed by atoms with Crippen molar-refractivity contribution < 1.29 is 0 Å². The van der Waals surface area contributed by atoms with Gasteiger partial charge in [0.05, 0.1) is 6.04 Å². The number of H-pyrrole nitrogens is 1. The van der Waals surface area contributed by atoms with E-state index in [1.165, 1.54) is 29.7 Å². The predicted molar refractivity (Wildman–Crippen MR) is 141 cm³/mol. The van der Waals surface area contributed by atoms with Crippen molar-refractivity contribution in [3.63, 3.8) is 0 Å². The molecule has 2 aromatic heterocycles. The number of aryl methyl sites for hydroxylation is 2. The van der Waals surface area contributed by atoms with Crippen molar-refractivity contribution >= 4 is 16.6 Å². The molecular formula is C28H33N7O. The third kappa shape index (κ3) is 4.19. The lowest BCUT2D eigenvalue weighted by molar-refractivity contribution is 0.197. The Labute approximate surface area is 210 Å². The molecule has 0 radical (unpaired) electrons. The summed E-state index contributed by atoms with van der Waals surface area (Å²) in [5.74, 6) is 0.781. The zero-order valence-electron chi connectivity index (χ0n) is 21.0. The summed E-state index contributed by atoms with van der Waals surface area (Å²) in [5.41, 5.74) is 5.14. The first-order valence-electron chi connectivity index (χ1n) is 13.0. The van der Waals surface area contributed by atoms with Gasteiger partial charge in [0.1, 0.15) is 6.04 Å². The molecule has 1 saturated carbocycles. The minimum Gasteiger partial charge on any atom is -0.369 e. The van der Waals surface area contributed by atoms with Crippen LogP contribution in [0.5, 0.6) is 0 Å². The van der Waals surface area contributed by atoms with Gasteiger partial charge in [-0.25, -0.2) is 4.68 Å². The molecule has 4 aromatic rings. The molecular weight excluding hydrogens is 450 g/mol. The van der Waals surface area contributed by atoms with Crippen LogP contribution < -0.4 is 10.5 Å². The smallest absolute Gasteiger partial charge is 0.253 e. The second kappa shape index (κ2) is 9.50. The summed E-state index contributed by atoms with van der Waals surface area (Å²) in [4.78, 5) is 21.5. The summed E-state index contributed by atoms with van der Waals surface area (Å²) in [6.45, 7) is 7.60. The molecule has 2 fully saturated rings. The molecule has 1 N–H and O–H groups in total. The number of para-hydroxylation sites is 1. The van der Waals surface area contributed by atoms with E-state index in [4.69, 9.17) is 0 Å². The Hall–Kier alpha value is -3.52. The number of tetrazole rings is 1. The SMILES string of the molecule is Cc1cc2cc(C(c3nnnn3C3CCCC3)N3CCN(c4ccccc4)CC3)c(=O)[nH]c2cc1C. The molecule has 1 atom stereocenters. The number of aromatic amines is 1. The van der Waals surface area contributed by atoms with Gasteiger partial charge in [0, 0.05) is 42.9 Å². The maximum Gasteiger partial charge on any atom is 0.253 e. The number of hydrogen-bond donors (Lipinski definition) is 1. The van der Waals surface area contributed by atoms with E-state index in [0.29, 0.717) is 11.6 Å². The largest absolute Gasteiger partial charge is 0.369 e. The summed E-state index contributed by atoms with van der Waals surface area (Å²) in [6, 6.07) is 16.8. The van der Waals surface area contributed by atoms with Gasteiger partial charge in [0.25, 0.3) is 5.56 Å². The monoisotopic (exact) mass is 483 g/mol. The average molecular weight is 484 g/mol. The fourth-order valence-electron chi connectivity index (χ4n) is 5.86. The van der Waals surface area contributed by atoms with Crippen molar-refractivity contribution in [3.8, 4) is 0 Å². The fraction of sp³-hybridized carbons (Fsp3) is 0.429. The van der Waals surface area contributed by atoms with Gasteiger partial charge in [0.15, 0.2) is 5.82 Å². The molecule has 8 heteroatoms. The Kier molecular flexibility index (Phi) is 6.05. The predicted octanol–water partition coefficient (Wildman–Crippen LogP) is 4.16. The third-order valence-electron chi connectivity index (χ3n) is 8.02. The number of piperazine rings is 1. The summed E-state index contributed by atoms with van der Waals surface area (Å²) < 4.78 is 2.01. The van der Waals surface area contributed by atoms with E-state index in [0.717, 1.165) is 55.7 Å². The van der Waals surface area contributed by atoms with Crippen LogP contribution in [0.2, 0.25) is 0 Å². The van der Waals surface area contributed by atoms with E-state index < -0.39 is 0 Å². The van der Waals surface area contributed by atoms with Crippen LogP contribution in [-0.4, -0.2) is 56.3 Å². The molecule has 2 aromatic carbocycles. The average Bonchev–Trinajstić information content (AvgIpc) is 3.59. The Bertz CT molecular complexity index is 1410. The van der Waals surface area contributed by atoms with Crippen molar-refractivity contribution in [2.45, 2.75) is 51.6 Å². The van der Waals surface area contributed by atoms with E-state index >= 15 is 0 Å². The molecule has 0 amide bonds. The lowest BCUT2D eigenvalue weighted by Gasteiger charge is -2.39. The summed E-state index contributed by atoms with van der Waals surface area (Å²) in [5, 5.41) is 14.1. The third-order valence-corrected chi connectivity index (χ3v) is 8.02. The van der Waals surface area contributed by atoms with E-state index in [-0.39, 0.29) is 11.6 Å². The van der Waals surface area contributed by atoms with Crippen LogP contribution >= 0.6 is 0 Å². The second-order valence-corrected chi connectivity index (χ2v) is 10.3. The number of anilines is 1. The normalized spacial score (nSPS) is 18.2. The van der Waals surface area contributed by atoms with Crippen molar-refractivity contribution in [2.75, 3.05) is 31.1 Å². The van der Waals surface area contributed by atoms with E-state index in [1.807, 2.05) is 10.7 Å². The van der Waals surface area contributed by atoms with Gasteiger partial charge in [-0.2, -0.15) is 0 Å². The van der Waals surface area contributed by atoms with Crippen LogP contribution in [0, 0.1) is 13.8 Å². The van der Waals surface area contributed by atoms with Crippen LogP contribution in [0.25, 0.3) is 10.9 Å². The van der Waals surface area contributed by atoms with E-state index in [2.05, 4.69) is 86.6 Å². The number of rotatable bonds is 5. The number of benzene rings is 2. The van der Waals surface area contributed by atoms with Gasteiger partial charge < -0.3 is 9.88 Å². The van der Waals surface area contributed by atoms with Crippen LogP contribution in [0.4, 0.5) is 5.69 Å². The highest BCUT2D eigenvalue weighted by atomic mass is 16.1. The molecule has 3 heterocycles. The van der Waals surface area contributed by atoms with E-state index in [1.54, 1.807) is 0 Å². The number of hydrogen-bond acceptors (Lipinski definition) is 6. The molecule has 6 rings (SSSR count). The lowest BCUT2D eigenvalue weighted by Crippen LogP contribution is -2.49. The lowest BCUT2D eigenvalue weighted by atomic mass is 10.00. The molecule has 1 aliphatic heterocycles. The van der Waals surface area contributed by atoms with Crippen molar-refractivity contribution in [2.24, 2.45) is 0 Å². The van der Waals surface area contributed by atoms with Gasteiger partial charge >= 0.3 is 0 Å². The molecule has 1 unspecified atom stereocenters. The topological polar surface area (TPSA) is 82.9 Å². The highest BCUT2D eigenvalue weighted by Gasteiger charge is 2.34. The van der Waals surface area contributed by atoms with Crippen LogP contribution in [0.1, 0.15) is 60.3 Å². The van der Waals surface area contributed by atoms with E-state index in [9.17, 15) is 4.79 Å². The summed E-state index contributed by atoms with van der Waals surface area (Å²) in [7, 11) is 0. The molecule has 186 valence electrons. The van der Waals surface area contributed by atoms with Crippen molar-refractivity contribution in [3.05, 3.63) is 81.4 Å². The summed E-state index contributed by atoms with van der Waals surface area (Å²) >= 11 is 0. The number of pyridine rings is 1.